The number of amides is 1. The standard InChI is InChI=1S/C11H8ClN5OS/c1-14-11-17-16-10(19-11)9(18)15-7-3-2-6(5-13)8(12)4-7/h2-4H,1H3,(H,14,17)(H,15,18). The van der Waals surface area contributed by atoms with Gasteiger partial charge in [0, 0.05) is 12.7 Å². The minimum atomic E-state index is -0.375. The van der Waals surface area contributed by atoms with Gasteiger partial charge in [0.2, 0.25) is 10.1 Å². The molecule has 0 fully saturated rings. The van der Waals surface area contributed by atoms with Crippen LogP contribution in [0.3, 0.4) is 0 Å². The predicted octanol–water partition coefficient (Wildman–Crippen LogP) is 2.36. The van der Waals surface area contributed by atoms with Crippen molar-refractivity contribution in [3.05, 3.63) is 33.8 Å². The van der Waals surface area contributed by atoms with Crippen molar-refractivity contribution in [1.29, 1.82) is 5.26 Å². The van der Waals surface area contributed by atoms with Crippen molar-refractivity contribution in [2.75, 3.05) is 17.7 Å². The third-order valence-electron chi connectivity index (χ3n) is 2.18. The Morgan fingerprint density at radius 3 is 2.84 bits per heavy atom. The highest BCUT2D eigenvalue weighted by Gasteiger charge is 2.13. The van der Waals surface area contributed by atoms with Crippen LogP contribution < -0.4 is 10.6 Å². The summed E-state index contributed by atoms with van der Waals surface area (Å²) in [4.78, 5) is 11.9. The summed E-state index contributed by atoms with van der Waals surface area (Å²) in [5, 5.41) is 22.8. The topological polar surface area (TPSA) is 90.7 Å². The monoisotopic (exact) mass is 293 g/mol. The van der Waals surface area contributed by atoms with Crippen LogP contribution in [0.15, 0.2) is 18.2 Å². The molecule has 0 aliphatic carbocycles. The molecule has 1 aromatic heterocycles. The lowest BCUT2D eigenvalue weighted by Gasteiger charge is -2.03. The fraction of sp³-hybridized carbons (Fsp3) is 0.0909. The highest BCUT2D eigenvalue weighted by molar-refractivity contribution is 7.17. The van der Waals surface area contributed by atoms with Gasteiger partial charge in [-0.1, -0.05) is 22.9 Å². The molecule has 6 nitrogen and oxygen atoms in total. The van der Waals surface area contributed by atoms with Gasteiger partial charge in [0.05, 0.1) is 10.6 Å². The van der Waals surface area contributed by atoms with Crippen LogP contribution in [0.4, 0.5) is 10.8 Å². The average molecular weight is 294 g/mol. The predicted molar refractivity (Wildman–Crippen MR) is 73.6 cm³/mol. The molecule has 0 radical (unpaired) electrons. The second-order valence-electron chi connectivity index (χ2n) is 3.42. The van der Waals surface area contributed by atoms with E-state index in [9.17, 15) is 4.79 Å². The number of hydrogen-bond acceptors (Lipinski definition) is 6. The Balaban J connectivity index is 2.15. The fourth-order valence-corrected chi connectivity index (χ4v) is 2.10. The van der Waals surface area contributed by atoms with Crippen molar-refractivity contribution in [2.24, 2.45) is 0 Å². The van der Waals surface area contributed by atoms with Gasteiger partial charge in [-0.15, -0.1) is 10.2 Å². The lowest BCUT2D eigenvalue weighted by atomic mass is 10.2. The van der Waals surface area contributed by atoms with Gasteiger partial charge in [0.25, 0.3) is 5.91 Å². The first kappa shape index (κ1) is 13.3. The second kappa shape index (κ2) is 5.65. The number of halogens is 1. The Hall–Kier alpha value is -2.17. The van der Waals surface area contributed by atoms with Crippen molar-refractivity contribution >= 4 is 39.7 Å². The summed E-state index contributed by atoms with van der Waals surface area (Å²) in [7, 11) is 1.70. The average Bonchev–Trinajstić information content (AvgIpc) is 2.88. The molecule has 2 N–H and O–H groups in total. The Labute approximate surface area is 118 Å². The van der Waals surface area contributed by atoms with E-state index >= 15 is 0 Å². The first-order valence-electron chi connectivity index (χ1n) is 5.16. The van der Waals surface area contributed by atoms with Gasteiger partial charge in [-0.3, -0.25) is 4.79 Å². The number of anilines is 2. The van der Waals surface area contributed by atoms with Gasteiger partial charge in [-0.25, -0.2) is 0 Å². The SMILES string of the molecule is CNc1nnc(C(=O)Nc2ccc(C#N)c(Cl)c2)s1. The third-order valence-corrected chi connectivity index (χ3v) is 3.43. The van der Waals surface area contributed by atoms with Crippen LogP contribution in [0.2, 0.25) is 5.02 Å². The normalized spacial score (nSPS) is 9.74. The lowest BCUT2D eigenvalue weighted by Crippen LogP contribution is -2.11. The van der Waals surface area contributed by atoms with Crippen molar-refractivity contribution in [2.45, 2.75) is 0 Å². The first-order valence-corrected chi connectivity index (χ1v) is 6.35. The fourth-order valence-electron chi connectivity index (χ4n) is 1.28. The largest absolute Gasteiger partial charge is 0.363 e. The van der Waals surface area contributed by atoms with E-state index < -0.39 is 0 Å². The molecule has 96 valence electrons. The summed E-state index contributed by atoms with van der Waals surface area (Å²) >= 11 is 7.02. The minimum absolute atomic E-state index is 0.241. The molecule has 0 unspecified atom stereocenters. The van der Waals surface area contributed by atoms with E-state index in [1.165, 1.54) is 12.1 Å². The third kappa shape index (κ3) is 2.99. The quantitative estimate of drug-likeness (QED) is 0.906. The van der Waals surface area contributed by atoms with E-state index in [2.05, 4.69) is 20.8 Å². The summed E-state index contributed by atoms with van der Waals surface area (Å²) in [5.41, 5.74) is 0.850. The number of nitrogens with zero attached hydrogens (tertiary/aromatic N) is 3. The minimum Gasteiger partial charge on any atom is -0.363 e. The van der Waals surface area contributed by atoms with Crippen LogP contribution in [0.1, 0.15) is 15.4 Å². The summed E-state index contributed by atoms with van der Waals surface area (Å²) in [6.45, 7) is 0. The summed E-state index contributed by atoms with van der Waals surface area (Å²) < 4.78 is 0. The molecule has 2 aromatic rings. The van der Waals surface area contributed by atoms with E-state index in [4.69, 9.17) is 16.9 Å². The summed E-state index contributed by atoms with van der Waals surface area (Å²) in [6, 6.07) is 6.60. The highest BCUT2D eigenvalue weighted by Crippen LogP contribution is 2.21. The van der Waals surface area contributed by atoms with E-state index in [-0.39, 0.29) is 15.9 Å². The number of rotatable bonds is 3. The van der Waals surface area contributed by atoms with Gasteiger partial charge < -0.3 is 10.6 Å². The molecule has 19 heavy (non-hydrogen) atoms. The molecule has 8 heteroatoms. The lowest BCUT2D eigenvalue weighted by molar-refractivity contribution is 0.102. The van der Waals surface area contributed by atoms with E-state index in [1.54, 1.807) is 13.1 Å². The molecular formula is C11H8ClN5OS. The van der Waals surface area contributed by atoms with Crippen LogP contribution in [-0.2, 0) is 0 Å². The van der Waals surface area contributed by atoms with Crippen molar-refractivity contribution in [3.63, 3.8) is 0 Å². The van der Waals surface area contributed by atoms with E-state index in [0.29, 0.717) is 16.4 Å². The molecule has 1 heterocycles. The second-order valence-corrected chi connectivity index (χ2v) is 4.81. The Bertz CT molecular complexity index is 663. The molecule has 1 aromatic carbocycles. The molecular weight excluding hydrogens is 286 g/mol. The van der Waals surface area contributed by atoms with Crippen molar-refractivity contribution in [1.82, 2.24) is 10.2 Å². The van der Waals surface area contributed by atoms with Crippen molar-refractivity contribution < 1.29 is 4.79 Å². The summed E-state index contributed by atoms with van der Waals surface area (Å²) in [5.74, 6) is -0.375. The van der Waals surface area contributed by atoms with Crippen LogP contribution in [0.25, 0.3) is 0 Å². The summed E-state index contributed by atoms with van der Waals surface area (Å²) in [6.07, 6.45) is 0. The molecule has 0 spiro atoms. The van der Waals surface area contributed by atoms with E-state index in [1.807, 2.05) is 6.07 Å². The Kier molecular flexibility index (Phi) is 3.94. The van der Waals surface area contributed by atoms with Gasteiger partial charge in [0.15, 0.2) is 0 Å². The molecule has 0 atom stereocenters. The number of aromatic nitrogens is 2. The van der Waals surface area contributed by atoms with Crippen LogP contribution in [0, 0.1) is 11.3 Å². The van der Waals surface area contributed by atoms with Crippen LogP contribution >= 0.6 is 22.9 Å². The van der Waals surface area contributed by atoms with Gasteiger partial charge in [0.1, 0.15) is 6.07 Å². The number of hydrogen-bond donors (Lipinski definition) is 2. The highest BCUT2D eigenvalue weighted by atomic mass is 35.5. The van der Waals surface area contributed by atoms with Gasteiger partial charge in [-0.2, -0.15) is 5.26 Å². The number of carbonyl (C=O) groups is 1. The van der Waals surface area contributed by atoms with Crippen LogP contribution in [-0.4, -0.2) is 23.2 Å². The Morgan fingerprint density at radius 1 is 1.47 bits per heavy atom. The maximum atomic E-state index is 11.9. The molecule has 0 saturated heterocycles. The molecule has 0 aliphatic rings. The maximum Gasteiger partial charge on any atom is 0.286 e. The first-order chi connectivity index (χ1) is 9.13. The molecule has 1 amide bonds. The number of nitriles is 1. The smallest absolute Gasteiger partial charge is 0.286 e. The zero-order valence-corrected chi connectivity index (χ0v) is 11.3. The molecule has 0 bridgehead atoms. The zero-order chi connectivity index (χ0) is 13.8. The molecule has 2 rings (SSSR count). The number of benzene rings is 1. The van der Waals surface area contributed by atoms with Gasteiger partial charge >= 0.3 is 0 Å². The number of carbonyl (C=O) groups excluding carboxylic acids is 1. The van der Waals surface area contributed by atoms with Crippen molar-refractivity contribution in [3.8, 4) is 6.07 Å². The van der Waals surface area contributed by atoms with Gasteiger partial charge in [-0.05, 0) is 18.2 Å². The van der Waals surface area contributed by atoms with Crippen LogP contribution in [0.5, 0.6) is 0 Å². The molecule has 0 saturated carbocycles. The zero-order valence-electron chi connectivity index (χ0n) is 9.77. The maximum absolute atomic E-state index is 11.9. The van der Waals surface area contributed by atoms with E-state index in [0.717, 1.165) is 11.3 Å². The number of nitrogens with one attached hydrogen (secondary N) is 2. The molecule has 0 aliphatic heterocycles. The Morgan fingerprint density at radius 2 is 2.26 bits per heavy atom.